The summed E-state index contributed by atoms with van der Waals surface area (Å²) in [5, 5.41) is 13.9. The normalized spacial score (nSPS) is 10.2. The zero-order valence-electron chi connectivity index (χ0n) is 13.0. The Kier molecular flexibility index (Phi) is 4.38. The molecule has 0 aliphatic heterocycles. The molecule has 0 atom stereocenters. The van der Waals surface area contributed by atoms with Crippen LogP contribution in [0.5, 0.6) is 0 Å². The highest BCUT2D eigenvalue weighted by molar-refractivity contribution is 5.94. The second-order valence-electron chi connectivity index (χ2n) is 5.34. The third-order valence-corrected chi connectivity index (χ3v) is 3.56. The lowest BCUT2D eigenvalue weighted by atomic mass is 10.0. The summed E-state index contributed by atoms with van der Waals surface area (Å²) in [6.45, 7) is 0. The van der Waals surface area contributed by atoms with Crippen LogP contribution >= 0.6 is 0 Å². The fraction of sp³-hybridized carbons (Fsp3) is 0. The van der Waals surface area contributed by atoms with Gasteiger partial charge in [0.25, 0.3) is 5.69 Å². The first kappa shape index (κ1) is 16.1. The van der Waals surface area contributed by atoms with E-state index < -0.39 is 10.8 Å². The molecule has 0 spiro atoms. The van der Waals surface area contributed by atoms with Crippen molar-refractivity contribution in [1.29, 1.82) is 0 Å². The highest BCUT2D eigenvalue weighted by Crippen LogP contribution is 2.25. The van der Waals surface area contributed by atoms with Crippen molar-refractivity contribution in [1.82, 2.24) is 4.98 Å². The molecule has 0 radical (unpaired) electrons. The lowest BCUT2D eigenvalue weighted by molar-refractivity contribution is -0.384. The van der Waals surface area contributed by atoms with Crippen LogP contribution in [0.2, 0.25) is 0 Å². The Labute approximate surface area is 143 Å². The molecule has 0 unspecified atom stereocenters. The fourth-order valence-corrected chi connectivity index (χ4v) is 2.38. The van der Waals surface area contributed by atoms with Crippen molar-refractivity contribution < 1.29 is 9.72 Å². The van der Waals surface area contributed by atoms with Gasteiger partial charge in [-0.25, -0.2) is 0 Å². The number of hydrogen-bond acceptors (Lipinski definition) is 5. The Bertz CT molecular complexity index is 956. The van der Waals surface area contributed by atoms with Gasteiger partial charge in [0, 0.05) is 35.1 Å². The van der Waals surface area contributed by atoms with E-state index in [2.05, 4.69) is 10.3 Å². The highest BCUT2D eigenvalue weighted by Gasteiger charge is 2.07. The molecule has 0 aliphatic rings. The van der Waals surface area contributed by atoms with Crippen LogP contribution < -0.4 is 11.1 Å². The highest BCUT2D eigenvalue weighted by atomic mass is 16.6. The molecule has 25 heavy (non-hydrogen) atoms. The Morgan fingerprint density at radius 2 is 1.80 bits per heavy atom. The molecule has 1 amide bonds. The molecular weight excluding hydrogens is 320 g/mol. The van der Waals surface area contributed by atoms with E-state index in [0.29, 0.717) is 16.9 Å². The summed E-state index contributed by atoms with van der Waals surface area (Å²) in [5.41, 5.74) is 8.56. The van der Waals surface area contributed by atoms with E-state index in [1.54, 1.807) is 42.7 Å². The largest absolute Gasteiger partial charge is 0.366 e. The quantitative estimate of drug-likeness (QED) is 0.548. The topological polar surface area (TPSA) is 111 Å². The number of nitro groups is 1. The number of primary amides is 1. The number of nitrogens with zero attached hydrogens (tertiary/aromatic N) is 2. The third-order valence-electron chi connectivity index (χ3n) is 3.56. The van der Waals surface area contributed by atoms with Gasteiger partial charge in [-0.05, 0) is 29.8 Å². The average molecular weight is 334 g/mol. The SMILES string of the molecule is NC(=O)c1cccc(-c2cncc(Nc3cccc([N+](=O)[O-])c3)c2)c1. The van der Waals surface area contributed by atoms with E-state index >= 15 is 0 Å². The number of rotatable bonds is 5. The van der Waals surface area contributed by atoms with Crippen LogP contribution in [0.3, 0.4) is 0 Å². The number of hydrogen-bond donors (Lipinski definition) is 2. The van der Waals surface area contributed by atoms with Gasteiger partial charge < -0.3 is 11.1 Å². The molecule has 2 aromatic carbocycles. The number of amides is 1. The van der Waals surface area contributed by atoms with E-state index in [1.165, 1.54) is 12.1 Å². The number of carbonyl (C=O) groups excluding carboxylic acids is 1. The van der Waals surface area contributed by atoms with Crippen molar-refractivity contribution in [2.45, 2.75) is 0 Å². The molecule has 3 rings (SSSR count). The first-order chi connectivity index (χ1) is 12.0. The molecule has 1 aromatic heterocycles. The summed E-state index contributed by atoms with van der Waals surface area (Å²) in [4.78, 5) is 25.9. The molecule has 3 aromatic rings. The molecule has 0 fully saturated rings. The summed E-state index contributed by atoms with van der Waals surface area (Å²) in [5.74, 6) is -0.499. The van der Waals surface area contributed by atoms with Gasteiger partial charge >= 0.3 is 0 Å². The lowest BCUT2D eigenvalue weighted by Crippen LogP contribution is -2.10. The lowest BCUT2D eigenvalue weighted by Gasteiger charge is -2.08. The molecule has 0 saturated heterocycles. The van der Waals surface area contributed by atoms with Crippen LogP contribution in [0.25, 0.3) is 11.1 Å². The van der Waals surface area contributed by atoms with Gasteiger partial charge in [0.05, 0.1) is 16.8 Å². The number of nitrogens with two attached hydrogens (primary N) is 1. The molecule has 0 bridgehead atoms. The van der Waals surface area contributed by atoms with Crippen molar-refractivity contribution in [3.8, 4) is 11.1 Å². The van der Waals surface area contributed by atoms with Crippen molar-refractivity contribution in [3.05, 3.63) is 82.7 Å². The van der Waals surface area contributed by atoms with Crippen LogP contribution in [0.4, 0.5) is 17.1 Å². The van der Waals surface area contributed by atoms with Crippen molar-refractivity contribution in [3.63, 3.8) is 0 Å². The number of carbonyl (C=O) groups is 1. The van der Waals surface area contributed by atoms with Gasteiger partial charge in [-0.15, -0.1) is 0 Å². The van der Waals surface area contributed by atoms with Gasteiger partial charge in [0.15, 0.2) is 0 Å². The third kappa shape index (κ3) is 3.78. The number of benzene rings is 2. The minimum Gasteiger partial charge on any atom is -0.366 e. The van der Waals surface area contributed by atoms with Gasteiger partial charge in [-0.1, -0.05) is 18.2 Å². The van der Waals surface area contributed by atoms with Gasteiger partial charge in [-0.3, -0.25) is 19.9 Å². The van der Waals surface area contributed by atoms with Gasteiger partial charge in [0.2, 0.25) is 5.91 Å². The van der Waals surface area contributed by atoms with Crippen LogP contribution in [0.1, 0.15) is 10.4 Å². The Hall–Kier alpha value is -3.74. The number of nitro benzene ring substituents is 1. The van der Waals surface area contributed by atoms with Crippen molar-refractivity contribution in [2.75, 3.05) is 5.32 Å². The first-order valence-corrected chi connectivity index (χ1v) is 7.40. The molecule has 3 N–H and O–H groups in total. The maximum atomic E-state index is 11.3. The van der Waals surface area contributed by atoms with Crippen LogP contribution in [-0.4, -0.2) is 15.8 Å². The predicted octanol–water partition coefficient (Wildman–Crippen LogP) is 3.50. The minimum atomic E-state index is -0.499. The van der Waals surface area contributed by atoms with Crippen LogP contribution in [0.15, 0.2) is 67.0 Å². The number of non-ortho nitro benzene ring substituents is 1. The zero-order valence-corrected chi connectivity index (χ0v) is 13.0. The van der Waals surface area contributed by atoms with Gasteiger partial charge in [0.1, 0.15) is 0 Å². The van der Waals surface area contributed by atoms with Crippen LogP contribution in [-0.2, 0) is 0 Å². The molecule has 7 nitrogen and oxygen atoms in total. The number of pyridine rings is 1. The summed E-state index contributed by atoms with van der Waals surface area (Å²) >= 11 is 0. The second kappa shape index (κ2) is 6.79. The standard InChI is InChI=1S/C18H14N4O3/c19-18(23)13-4-1-3-12(7-13)14-8-16(11-20-10-14)21-15-5-2-6-17(9-15)22(24)25/h1-11,21H,(H2,19,23). The molecule has 0 aliphatic carbocycles. The molecule has 1 heterocycles. The molecule has 7 heteroatoms. The average Bonchev–Trinajstić information content (AvgIpc) is 2.62. The molecule has 0 saturated carbocycles. The predicted molar refractivity (Wildman–Crippen MR) is 94.6 cm³/mol. The number of aromatic nitrogens is 1. The second-order valence-corrected chi connectivity index (χ2v) is 5.34. The summed E-state index contributed by atoms with van der Waals surface area (Å²) in [6, 6.07) is 15.0. The fourth-order valence-electron chi connectivity index (χ4n) is 2.38. The summed E-state index contributed by atoms with van der Waals surface area (Å²) in [7, 11) is 0. The zero-order chi connectivity index (χ0) is 17.8. The number of nitrogens with one attached hydrogen (secondary N) is 1. The van der Waals surface area contributed by atoms with E-state index in [4.69, 9.17) is 5.73 Å². The molecule has 124 valence electrons. The Morgan fingerprint density at radius 1 is 1.00 bits per heavy atom. The van der Waals surface area contributed by atoms with Crippen molar-refractivity contribution >= 4 is 23.0 Å². The maximum Gasteiger partial charge on any atom is 0.271 e. The van der Waals surface area contributed by atoms with Gasteiger partial charge in [-0.2, -0.15) is 0 Å². The summed E-state index contributed by atoms with van der Waals surface area (Å²) < 4.78 is 0. The number of anilines is 2. The Balaban J connectivity index is 1.89. The maximum absolute atomic E-state index is 11.3. The van der Waals surface area contributed by atoms with E-state index in [-0.39, 0.29) is 5.69 Å². The molecular formula is C18H14N4O3. The summed E-state index contributed by atoms with van der Waals surface area (Å²) in [6.07, 6.45) is 3.28. The van der Waals surface area contributed by atoms with Crippen molar-refractivity contribution in [2.24, 2.45) is 5.73 Å². The minimum absolute atomic E-state index is 0.00303. The Morgan fingerprint density at radius 3 is 2.56 bits per heavy atom. The monoisotopic (exact) mass is 334 g/mol. The van der Waals surface area contributed by atoms with Crippen LogP contribution in [0, 0.1) is 10.1 Å². The first-order valence-electron chi connectivity index (χ1n) is 7.40. The smallest absolute Gasteiger partial charge is 0.271 e. The van der Waals surface area contributed by atoms with E-state index in [9.17, 15) is 14.9 Å². The van der Waals surface area contributed by atoms with E-state index in [1.807, 2.05) is 12.1 Å². The van der Waals surface area contributed by atoms with E-state index in [0.717, 1.165) is 11.1 Å².